The average molecular weight is 562 g/mol. The fourth-order valence-electron chi connectivity index (χ4n) is 4.22. The molecular weight excluding hydrogens is 534 g/mol. The van der Waals surface area contributed by atoms with E-state index in [4.69, 9.17) is 9.15 Å². The van der Waals surface area contributed by atoms with Gasteiger partial charge in [0.15, 0.2) is 15.1 Å². The molecule has 0 unspecified atom stereocenters. The van der Waals surface area contributed by atoms with Gasteiger partial charge in [-0.1, -0.05) is 23.5 Å². The Morgan fingerprint density at radius 1 is 1.18 bits per heavy atom. The molecule has 4 heterocycles. The van der Waals surface area contributed by atoms with Gasteiger partial charge in [0, 0.05) is 37.7 Å². The summed E-state index contributed by atoms with van der Waals surface area (Å²) in [5.74, 6) is 0.0319. The lowest BCUT2D eigenvalue weighted by molar-refractivity contribution is -0.139. The van der Waals surface area contributed by atoms with Gasteiger partial charge in [-0.25, -0.2) is 19.8 Å². The van der Waals surface area contributed by atoms with E-state index in [1.54, 1.807) is 36.8 Å². The first-order chi connectivity index (χ1) is 18.7. The van der Waals surface area contributed by atoms with Gasteiger partial charge in [0.05, 0.1) is 28.5 Å². The van der Waals surface area contributed by atoms with Crippen molar-refractivity contribution in [3.05, 3.63) is 96.6 Å². The van der Waals surface area contributed by atoms with E-state index in [0.29, 0.717) is 36.6 Å². The third-order valence-corrected chi connectivity index (χ3v) is 7.87. The molecule has 0 fully saturated rings. The van der Waals surface area contributed by atoms with Crippen LogP contribution in [0.2, 0.25) is 0 Å². The third kappa shape index (κ3) is 5.45. The fraction of sp³-hybridized carbons (Fsp3) is 0.250. The van der Waals surface area contributed by atoms with Crippen LogP contribution >= 0.6 is 23.1 Å². The lowest BCUT2D eigenvalue weighted by atomic mass is 9.95. The molecule has 0 spiro atoms. The second-order valence-electron chi connectivity index (χ2n) is 9.03. The van der Waals surface area contributed by atoms with Gasteiger partial charge in [-0.05, 0) is 68.4 Å². The molecule has 0 aliphatic carbocycles. The molecule has 0 N–H and O–H groups in total. The van der Waals surface area contributed by atoms with Gasteiger partial charge in [0.1, 0.15) is 5.76 Å². The van der Waals surface area contributed by atoms with Gasteiger partial charge < -0.3 is 14.1 Å². The minimum atomic E-state index is -0.667. The van der Waals surface area contributed by atoms with Crippen molar-refractivity contribution in [2.75, 3.05) is 25.6 Å². The van der Waals surface area contributed by atoms with Crippen LogP contribution in [-0.4, -0.2) is 41.2 Å². The number of nitrogens with zero attached hydrogens (tertiary/aromatic N) is 5. The minimum absolute atomic E-state index is 0.221. The maximum Gasteiger partial charge on any atom is 0.338 e. The van der Waals surface area contributed by atoms with Crippen molar-refractivity contribution >= 4 is 40.8 Å². The number of furan rings is 1. The van der Waals surface area contributed by atoms with E-state index in [9.17, 15) is 9.59 Å². The molecule has 0 bridgehead atoms. The lowest BCUT2D eigenvalue weighted by Gasteiger charge is -2.25. The number of carbonyl (C=O) groups is 1. The Hall–Kier alpha value is -3.96. The van der Waals surface area contributed by atoms with Gasteiger partial charge >= 0.3 is 5.97 Å². The van der Waals surface area contributed by atoms with Crippen molar-refractivity contribution in [1.82, 2.24) is 14.5 Å². The van der Waals surface area contributed by atoms with E-state index in [-0.39, 0.29) is 12.2 Å². The highest BCUT2D eigenvalue weighted by Gasteiger charge is 2.33. The highest BCUT2D eigenvalue weighted by Crippen LogP contribution is 2.32. The minimum Gasteiger partial charge on any atom is -0.463 e. The quantitative estimate of drug-likeness (QED) is 0.249. The first-order valence-electron chi connectivity index (χ1n) is 12.3. The normalized spacial score (nSPS) is 15.2. The van der Waals surface area contributed by atoms with Crippen molar-refractivity contribution in [3.63, 3.8) is 0 Å². The molecule has 200 valence electrons. The van der Waals surface area contributed by atoms with Crippen LogP contribution in [0.25, 0.3) is 6.08 Å². The lowest BCUT2D eigenvalue weighted by Crippen LogP contribution is -2.39. The number of hydrogen-bond acceptors (Lipinski definition) is 10. The Morgan fingerprint density at radius 3 is 2.64 bits per heavy atom. The number of aryl methyl sites for hydroxylation is 1. The molecule has 0 saturated carbocycles. The second-order valence-corrected chi connectivity index (χ2v) is 11.0. The molecule has 1 atom stereocenters. The molecule has 39 heavy (non-hydrogen) atoms. The first kappa shape index (κ1) is 26.6. The Morgan fingerprint density at radius 2 is 1.95 bits per heavy atom. The maximum atomic E-state index is 13.8. The molecule has 0 saturated heterocycles. The number of carbonyl (C=O) groups excluding carboxylic acids is 1. The van der Waals surface area contributed by atoms with Crippen molar-refractivity contribution in [3.8, 4) is 0 Å². The molecule has 4 aromatic rings. The van der Waals surface area contributed by atoms with E-state index in [2.05, 4.69) is 15.0 Å². The molecule has 1 aliphatic rings. The SMILES string of the molecule is CCOC(=O)C1=C(C)N=c2s/c(=C/c3ccc(Sc4nccc(C)n4)o3)c(=O)n2[C@H]1c1ccc(N(C)C)cc1. The van der Waals surface area contributed by atoms with Gasteiger partial charge in [-0.15, -0.1) is 0 Å². The number of aromatic nitrogens is 3. The van der Waals surface area contributed by atoms with Gasteiger partial charge in [-0.3, -0.25) is 9.36 Å². The summed E-state index contributed by atoms with van der Waals surface area (Å²) in [5, 5.41) is 1.19. The van der Waals surface area contributed by atoms with E-state index in [1.165, 1.54) is 23.1 Å². The van der Waals surface area contributed by atoms with Gasteiger partial charge in [0.25, 0.3) is 5.56 Å². The fourth-order valence-corrected chi connectivity index (χ4v) is 6.01. The molecule has 9 nitrogen and oxygen atoms in total. The van der Waals surface area contributed by atoms with Crippen LogP contribution in [0.15, 0.2) is 84.4 Å². The topological polar surface area (TPSA) is 103 Å². The Bertz CT molecular complexity index is 1750. The summed E-state index contributed by atoms with van der Waals surface area (Å²) in [5.41, 5.74) is 3.28. The predicted octanol–water partition coefficient (Wildman–Crippen LogP) is 3.71. The highest BCUT2D eigenvalue weighted by atomic mass is 32.2. The maximum absolute atomic E-state index is 13.8. The van der Waals surface area contributed by atoms with E-state index >= 15 is 0 Å². The van der Waals surface area contributed by atoms with Crippen LogP contribution in [0.4, 0.5) is 5.69 Å². The number of rotatable bonds is 7. The van der Waals surface area contributed by atoms with Crippen molar-refractivity contribution in [2.24, 2.45) is 4.99 Å². The zero-order valence-corrected chi connectivity index (χ0v) is 23.8. The molecule has 5 rings (SSSR count). The number of thiazole rings is 1. The second kappa shape index (κ2) is 11.0. The van der Waals surface area contributed by atoms with E-state index < -0.39 is 12.0 Å². The number of ether oxygens (including phenoxy) is 1. The summed E-state index contributed by atoms with van der Waals surface area (Å²) in [7, 11) is 3.91. The average Bonchev–Trinajstić information content (AvgIpc) is 3.46. The molecule has 11 heteroatoms. The summed E-state index contributed by atoms with van der Waals surface area (Å²) < 4.78 is 13.3. The summed E-state index contributed by atoms with van der Waals surface area (Å²) in [6, 6.07) is 12.6. The van der Waals surface area contributed by atoms with E-state index in [1.807, 2.05) is 62.3 Å². The molecule has 1 aromatic carbocycles. The van der Waals surface area contributed by atoms with Gasteiger partial charge in [0.2, 0.25) is 0 Å². The number of esters is 1. The van der Waals surface area contributed by atoms with Crippen LogP contribution in [0.5, 0.6) is 0 Å². The molecular formula is C28H27N5O4S2. The number of fused-ring (bicyclic) bond motifs is 1. The number of anilines is 1. The molecule has 0 radical (unpaired) electrons. The van der Waals surface area contributed by atoms with Gasteiger partial charge in [-0.2, -0.15) is 0 Å². The van der Waals surface area contributed by atoms with E-state index in [0.717, 1.165) is 16.9 Å². The van der Waals surface area contributed by atoms with Crippen LogP contribution in [-0.2, 0) is 9.53 Å². The number of allylic oxidation sites excluding steroid dienone is 1. The summed E-state index contributed by atoms with van der Waals surface area (Å²) in [6.45, 7) is 5.65. The van der Waals surface area contributed by atoms with Crippen LogP contribution < -0.4 is 19.8 Å². The Balaban J connectivity index is 1.57. The predicted molar refractivity (Wildman–Crippen MR) is 151 cm³/mol. The number of hydrogen-bond donors (Lipinski definition) is 0. The van der Waals surface area contributed by atoms with Crippen molar-refractivity contribution in [1.29, 1.82) is 0 Å². The zero-order valence-electron chi connectivity index (χ0n) is 22.2. The van der Waals surface area contributed by atoms with Crippen LogP contribution in [0, 0.1) is 6.92 Å². The number of benzene rings is 1. The highest BCUT2D eigenvalue weighted by molar-refractivity contribution is 7.99. The largest absolute Gasteiger partial charge is 0.463 e. The third-order valence-electron chi connectivity index (χ3n) is 6.08. The van der Waals surface area contributed by atoms with Crippen molar-refractivity contribution < 1.29 is 13.9 Å². The summed E-state index contributed by atoms with van der Waals surface area (Å²) in [6.07, 6.45) is 3.40. The Labute approximate surface area is 233 Å². The molecule has 3 aromatic heterocycles. The zero-order chi connectivity index (χ0) is 27.7. The Kier molecular flexibility index (Phi) is 7.53. The van der Waals surface area contributed by atoms with Crippen molar-refractivity contribution in [2.45, 2.75) is 37.1 Å². The summed E-state index contributed by atoms with van der Waals surface area (Å²) in [4.78, 5) is 42.6. The summed E-state index contributed by atoms with van der Waals surface area (Å²) >= 11 is 2.56. The smallest absolute Gasteiger partial charge is 0.338 e. The molecule has 1 aliphatic heterocycles. The first-order valence-corrected chi connectivity index (χ1v) is 13.9. The monoisotopic (exact) mass is 561 g/mol. The van der Waals surface area contributed by atoms with Crippen LogP contribution in [0.3, 0.4) is 0 Å². The van der Waals surface area contributed by atoms with Crippen LogP contribution in [0.1, 0.15) is 36.9 Å². The standard InChI is InChI=1S/C28H27N5O4S2/c1-6-36-26(35)23-17(3)31-28-33(24(23)18-7-9-19(10-8-18)32(4)5)25(34)21(38-28)15-20-11-12-22(37-20)39-27-29-14-13-16(2)30-27/h7-15,24H,6H2,1-5H3/b21-15+/t24-/m0/s1. The molecule has 0 amide bonds.